The molecular formula is C65H87N11O20S. The van der Waals surface area contributed by atoms with E-state index in [1.807, 2.05) is 0 Å². The van der Waals surface area contributed by atoms with Crippen molar-refractivity contribution in [3.63, 3.8) is 0 Å². The van der Waals surface area contributed by atoms with Crippen LogP contribution in [-0.4, -0.2) is 207 Å². The van der Waals surface area contributed by atoms with Crippen molar-refractivity contribution in [3.8, 4) is 5.75 Å². The fourth-order valence-corrected chi connectivity index (χ4v) is 14.0. The van der Waals surface area contributed by atoms with Gasteiger partial charge in [-0.3, -0.25) is 72.0 Å². The molecule has 3 aromatic rings. The highest BCUT2D eigenvalue weighted by Gasteiger charge is 2.46. The van der Waals surface area contributed by atoms with Crippen molar-refractivity contribution in [2.75, 3.05) is 43.9 Å². The Bertz CT molecular complexity index is 3670. The number of hydrogen-bond acceptors (Lipinski definition) is 20. The van der Waals surface area contributed by atoms with Gasteiger partial charge in [0.2, 0.25) is 65.0 Å². The minimum absolute atomic E-state index is 0.0214. The van der Waals surface area contributed by atoms with Crippen molar-refractivity contribution < 1.29 is 96.0 Å². The molecule has 32 heteroatoms. The number of amides is 11. The number of ketones is 3. The lowest BCUT2D eigenvalue weighted by Gasteiger charge is -2.32. The van der Waals surface area contributed by atoms with Crippen LogP contribution in [0.2, 0.25) is 0 Å². The Kier molecular flexibility index (Phi) is 25.5. The number of carbonyl (C=O) groups excluding carboxylic acids is 14. The van der Waals surface area contributed by atoms with Crippen molar-refractivity contribution in [1.29, 1.82) is 0 Å². The van der Waals surface area contributed by atoms with E-state index in [0.29, 0.717) is 12.0 Å². The number of aliphatic hydroxyl groups excluding tert-OH is 3. The molecule has 97 heavy (non-hydrogen) atoms. The van der Waals surface area contributed by atoms with Gasteiger partial charge in [-0.05, 0) is 53.6 Å². The van der Waals surface area contributed by atoms with Gasteiger partial charge in [0.1, 0.15) is 28.9 Å². The summed E-state index contributed by atoms with van der Waals surface area (Å²) in [6.07, 6.45) is -7.17. The second-order valence-corrected chi connectivity index (χ2v) is 28.1. The third-order valence-corrected chi connectivity index (χ3v) is 20.0. The number of benzene rings is 2. The average Bonchev–Trinajstić information content (AvgIpc) is 1.71. The number of aliphatic hydroxyl groups is 3. The van der Waals surface area contributed by atoms with Crippen molar-refractivity contribution in [1.82, 2.24) is 52.0 Å². The molecule has 4 aliphatic heterocycles. The normalized spacial score (nSPS) is 24.9. The lowest BCUT2D eigenvalue weighted by atomic mass is 9.85. The molecule has 2 aromatic carbocycles. The number of aromatic hydroxyl groups is 1. The smallest absolute Gasteiger partial charge is 0.243 e. The Balaban J connectivity index is 1.17. The second-order valence-electron chi connectivity index (χ2n) is 26.1. The van der Waals surface area contributed by atoms with Crippen LogP contribution < -0.4 is 42.5 Å². The second kappa shape index (κ2) is 32.8. The molecule has 1 aromatic heterocycles. The third kappa shape index (κ3) is 19.2. The average molecular weight is 1370 g/mol. The molecule has 0 radical (unpaired) electrons. The van der Waals surface area contributed by atoms with Gasteiger partial charge in [0.15, 0.2) is 27.2 Å². The van der Waals surface area contributed by atoms with Gasteiger partial charge in [-0.1, -0.05) is 67.0 Å². The molecule has 0 spiro atoms. The maximum absolute atomic E-state index is 15.1. The summed E-state index contributed by atoms with van der Waals surface area (Å²) in [5, 5.41) is 62.5. The first-order valence-electron chi connectivity index (χ1n) is 32.4. The van der Waals surface area contributed by atoms with E-state index in [4.69, 9.17) is 0 Å². The largest absolute Gasteiger partial charge is 0.508 e. The molecule has 13 atom stereocenters. The van der Waals surface area contributed by atoms with E-state index in [9.17, 15) is 78.0 Å². The molecule has 13 N–H and O–H groups in total. The number of nitrogens with one attached hydrogen (secondary N) is 9. The number of hydrogen-bond donors (Lipinski definition) is 13. The van der Waals surface area contributed by atoms with Gasteiger partial charge in [-0.15, -0.1) is 0 Å². The number of sulfone groups is 1. The zero-order valence-corrected chi connectivity index (χ0v) is 55.9. The SMILES string of the molecule is CC[C@H](C)[C@@H]1NC(=O)CNC(=O)[C@H]2CC(=O)[C@H]([C@@H](C)[C@@H](O)CO)NC(=O)[C@@H]3CC(O)CN3C(=O)[C@H](CC(=O)NCc3ccc(NC(=O)[C@H](C)CC(=O)[C@@H](NC(=O)CCN4C(=O)CC(C)C4=O)C(C)C)cc3)CC(=O)[C@H](CS(=O)(=O)c3[nH]c4cc(O)ccc4c3C2)NC(=O)CNC1=O. The number of likely N-dealkylation sites (tertiary alicyclic amines) is 1. The number of Topliss-reactive ketones (excluding diaryl/α,β-unsaturated/α-hetero) is 3. The van der Waals surface area contributed by atoms with Crippen molar-refractivity contribution in [2.24, 2.45) is 41.4 Å². The molecule has 2 fully saturated rings. The highest BCUT2D eigenvalue weighted by Crippen LogP contribution is 2.34. The number of fused-ring (bicyclic) bond motifs is 5. The molecule has 4 aliphatic rings. The molecule has 0 aliphatic carbocycles. The van der Waals surface area contributed by atoms with Crippen LogP contribution in [0.25, 0.3) is 10.9 Å². The predicted molar refractivity (Wildman–Crippen MR) is 344 cm³/mol. The topological polar surface area (TPSA) is 473 Å². The molecular weight excluding hydrogens is 1290 g/mol. The number of anilines is 1. The molecule has 5 heterocycles. The summed E-state index contributed by atoms with van der Waals surface area (Å²) in [4.78, 5) is 199. The molecule has 2 saturated heterocycles. The first-order valence-corrected chi connectivity index (χ1v) is 34.0. The molecule has 2 unspecified atom stereocenters. The van der Waals surface area contributed by atoms with E-state index < -0.39 is 227 Å². The molecule has 528 valence electrons. The zero-order valence-electron chi connectivity index (χ0n) is 55.1. The molecule has 7 rings (SSSR count). The number of phenolic OH excluding ortho intramolecular Hbond substituents is 1. The third-order valence-electron chi connectivity index (χ3n) is 18.3. The summed E-state index contributed by atoms with van der Waals surface area (Å²) in [7, 11) is -4.98. The van der Waals surface area contributed by atoms with Crippen LogP contribution in [0.15, 0.2) is 47.5 Å². The van der Waals surface area contributed by atoms with Crippen LogP contribution in [0.4, 0.5) is 5.69 Å². The van der Waals surface area contributed by atoms with Crippen molar-refractivity contribution in [2.45, 2.75) is 160 Å². The monoisotopic (exact) mass is 1370 g/mol. The van der Waals surface area contributed by atoms with Crippen molar-refractivity contribution >= 4 is 109 Å². The summed E-state index contributed by atoms with van der Waals surface area (Å²) in [6, 6.07) is 1.85. The lowest BCUT2D eigenvalue weighted by Crippen LogP contribution is -2.56. The van der Waals surface area contributed by atoms with Crippen molar-refractivity contribution in [3.05, 3.63) is 53.6 Å². The van der Waals surface area contributed by atoms with Gasteiger partial charge in [0.05, 0.1) is 61.2 Å². The number of aromatic nitrogens is 1. The Morgan fingerprint density at radius 3 is 2.08 bits per heavy atom. The maximum Gasteiger partial charge on any atom is 0.243 e. The standard InChI is InChI=1S/C65H87N11O20S/c1-8-32(4)57-62(92)68-26-53(86)70-45-30-97(95,96)63-43(42-14-13-40(78)23-44(42)71-63)19-37(60(90)67-27-54(87)73-57)20-49(82)58(35(7)50(83)29-77)74-61(91)46-24-41(79)28-76(46)65(94)38(21-47(45)80)22-52(85)66-25-36-9-11-39(12-10-36)69-59(89)33(5)17-48(81)56(31(2)3)72-51(84)15-16-75-55(88)18-34(6)64(75)93/h9-14,23,31-35,37-38,41,45-46,50,56-58,71,77-79,83H,8,15-22,24-30H2,1-7H3,(H,66,85)(H,67,90)(H,68,92)(H,69,89)(H,70,86)(H,72,84)(H,73,87)(H,74,91)/t32-,33+,34?,35-,37+,38-,41?,45-,46-,50-,56-,57-,58-/m0/s1. The minimum atomic E-state index is -4.98. The summed E-state index contributed by atoms with van der Waals surface area (Å²) >= 11 is 0. The van der Waals surface area contributed by atoms with Crippen LogP contribution in [0, 0.1) is 41.4 Å². The number of imide groups is 1. The maximum atomic E-state index is 15.1. The fourth-order valence-electron chi connectivity index (χ4n) is 12.3. The number of carbonyl (C=O) groups is 14. The van der Waals surface area contributed by atoms with Crippen LogP contribution in [-0.2, 0) is 89.9 Å². The van der Waals surface area contributed by atoms with Crippen LogP contribution in [0.1, 0.15) is 111 Å². The number of H-pyrrole nitrogens is 1. The Labute approximate surface area is 559 Å². The molecule has 31 nitrogen and oxygen atoms in total. The zero-order chi connectivity index (χ0) is 71.5. The van der Waals surface area contributed by atoms with Gasteiger partial charge < -0.3 is 72.8 Å². The molecule has 11 amide bonds. The lowest BCUT2D eigenvalue weighted by molar-refractivity contribution is -0.145. The van der Waals surface area contributed by atoms with Crippen LogP contribution in [0.5, 0.6) is 5.75 Å². The summed E-state index contributed by atoms with van der Waals surface area (Å²) in [5.74, 6) is -20.3. The summed E-state index contributed by atoms with van der Waals surface area (Å²) in [5.41, 5.74) is 0.512. The Hall–Kier alpha value is -9.01. The summed E-state index contributed by atoms with van der Waals surface area (Å²) < 4.78 is 30.3. The van der Waals surface area contributed by atoms with Gasteiger partial charge in [-0.25, -0.2) is 8.42 Å². The predicted octanol–water partition coefficient (Wildman–Crippen LogP) is -1.78. The quantitative estimate of drug-likeness (QED) is 0.0590. The van der Waals surface area contributed by atoms with Crippen LogP contribution in [0.3, 0.4) is 0 Å². The van der Waals surface area contributed by atoms with E-state index in [-0.39, 0.29) is 78.0 Å². The summed E-state index contributed by atoms with van der Waals surface area (Å²) in [6.45, 7) is 7.56. The van der Waals surface area contributed by atoms with E-state index in [1.54, 1.807) is 34.6 Å². The minimum Gasteiger partial charge on any atom is -0.508 e. The number of phenols is 1. The van der Waals surface area contributed by atoms with E-state index in [0.717, 1.165) is 15.9 Å². The highest BCUT2D eigenvalue weighted by molar-refractivity contribution is 7.91. The molecule has 2 bridgehead atoms. The number of rotatable bonds is 19. The fraction of sp³-hybridized carbons (Fsp3) is 0.569. The Morgan fingerprint density at radius 2 is 1.44 bits per heavy atom. The first-order chi connectivity index (χ1) is 45.7. The number of aromatic amines is 1. The van der Waals surface area contributed by atoms with Crippen LogP contribution >= 0.6 is 0 Å². The van der Waals surface area contributed by atoms with Gasteiger partial charge in [0.25, 0.3) is 0 Å². The van der Waals surface area contributed by atoms with Gasteiger partial charge in [0, 0.05) is 105 Å². The van der Waals surface area contributed by atoms with E-state index in [2.05, 4.69) is 47.5 Å². The number of nitrogens with zero attached hydrogens (tertiary/aromatic N) is 2. The first kappa shape index (κ1) is 75.4. The molecule has 0 saturated carbocycles. The van der Waals surface area contributed by atoms with E-state index >= 15 is 18.0 Å². The highest BCUT2D eigenvalue weighted by atomic mass is 32.2. The van der Waals surface area contributed by atoms with E-state index in [1.165, 1.54) is 50.2 Å². The Morgan fingerprint density at radius 1 is 0.773 bits per heavy atom. The van der Waals surface area contributed by atoms with Gasteiger partial charge >= 0.3 is 0 Å². The van der Waals surface area contributed by atoms with Gasteiger partial charge in [-0.2, -0.15) is 0 Å².